The molecule has 5 heterocycles. The Labute approximate surface area is 251 Å². The molecule has 11 nitrogen and oxygen atoms in total. The van der Waals surface area contributed by atoms with Gasteiger partial charge in [-0.05, 0) is 71.6 Å². The Balaban J connectivity index is 1.34. The Hall–Kier alpha value is -4.06. The number of carbonyl (C=O) groups is 3. The van der Waals surface area contributed by atoms with E-state index in [1.165, 1.54) is 6.92 Å². The third kappa shape index (κ3) is 5.08. The number of anilines is 1. The van der Waals surface area contributed by atoms with Crippen LogP contribution in [0.15, 0.2) is 35.2 Å². The van der Waals surface area contributed by atoms with Crippen LogP contribution in [0.2, 0.25) is 0 Å². The van der Waals surface area contributed by atoms with E-state index in [0.29, 0.717) is 51.0 Å². The molecule has 0 unspecified atom stereocenters. The number of rotatable bonds is 7. The molecule has 2 aliphatic rings. The van der Waals surface area contributed by atoms with Crippen LogP contribution in [0.1, 0.15) is 60.7 Å². The van der Waals surface area contributed by atoms with E-state index in [2.05, 4.69) is 41.3 Å². The molecule has 4 aromatic rings. The quantitative estimate of drug-likeness (QED) is 0.233. The second-order valence-corrected chi connectivity index (χ2v) is 12.3. The number of pyridine rings is 2. The summed E-state index contributed by atoms with van der Waals surface area (Å²) >= 11 is 3.36. The molecule has 12 heteroatoms. The summed E-state index contributed by atoms with van der Waals surface area (Å²) in [7, 11) is 0. The van der Waals surface area contributed by atoms with Gasteiger partial charge in [-0.1, -0.05) is 19.9 Å². The summed E-state index contributed by atoms with van der Waals surface area (Å²) in [5.41, 5.74) is 3.81. The first-order valence-corrected chi connectivity index (χ1v) is 14.8. The van der Waals surface area contributed by atoms with E-state index in [1.54, 1.807) is 22.0 Å². The van der Waals surface area contributed by atoms with E-state index in [9.17, 15) is 14.4 Å². The number of piperidine rings is 1. The number of nitrogens with one attached hydrogen (secondary N) is 1. The SMILES string of the molecule is CC(=O)c1nn(CC(=O)N2C[C@H]3C[C@H]3[C@H]2C(=O)Nc2nc(Br)ccc2C)c2c(C(C)C)nc(-c3cnc(C)nc3)cc12. The molecule has 1 aliphatic carbocycles. The van der Waals surface area contributed by atoms with Gasteiger partial charge in [-0.3, -0.25) is 24.0 Å². The number of likely N-dealkylation sites (tertiary alicyclic amines) is 1. The van der Waals surface area contributed by atoms with Gasteiger partial charge in [0.15, 0.2) is 5.78 Å². The van der Waals surface area contributed by atoms with Crippen molar-refractivity contribution in [2.75, 3.05) is 11.9 Å². The summed E-state index contributed by atoms with van der Waals surface area (Å²) < 4.78 is 2.19. The van der Waals surface area contributed by atoms with Gasteiger partial charge in [-0.2, -0.15) is 5.10 Å². The summed E-state index contributed by atoms with van der Waals surface area (Å²) in [6.07, 6.45) is 4.33. The van der Waals surface area contributed by atoms with Gasteiger partial charge in [0.25, 0.3) is 0 Å². The highest BCUT2D eigenvalue weighted by atomic mass is 79.9. The van der Waals surface area contributed by atoms with Crippen LogP contribution in [-0.2, 0) is 16.1 Å². The normalized spacial score (nSPS) is 19.3. The van der Waals surface area contributed by atoms with Gasteiger partial charge in [-0.25, -0.2) is 15.0 Å². The molecular weight excluding hydrogens is 600 g/mol. The standard InChI is InChI=1S/C30H31BrN8O3/c1-14(2)25-27-21(9-22(34-25)19-10-32-17(5)33-11-19)26(16(4)40)37-39(27)13-24(41)38-12-18-8-20(18)28(38)30(42)36-29-15(3)6-7-23(31)35-29/h6-7,9-11,14,18,20,28H,8,12-13H2,1-5H3,(H,35,36,42)/t18-,20-,28+/m1/s1. The van der Waals surface area contributed by atoms with E-state index in [-0.39, 0.29) is 41.7 Å². The summed E-state index contributed by atoms with van der Waals surface area (Å²) in [4.78, 5) is 59.6. The molecule has 0 aromatic carbocycles. The number of carbonyl (C=O) groups excluding carboxylic acids is 3. The maximum absolute atomic E-state index is 13.8. The summed E-state index contributed by atoms with van der Waals surface area (Å²) in [5, 5.41) is 8.17. The fraction of sp³-hybridized carbons (Fsp3) is 0.400. The van der Waals surface area contributed by atoms with Crippen LogP contribution in [-0.4, -0.2) is 64.8 Å². The Morgan fingerprint density at radius 2 is 1.86 bits per heavy atom. The monoisotopic (exact) mass is 630 g/mol. The number of halogens is 1. The number of nitrogens with zero attached hydrogens (tertiary/aromatic N) is 7. The minimum Gasteiger partial charge on any atom is -0.328 e. The Bertz CT molecular complexity index is 1750. The van der Waals surface area contributed by atoms with Crippen molar-refractivity contribution in [3.05, 3.63) is 58.0 Å². The third-order valence-corrected chi connectivity index (χ3v) is 8.48. The number of hydrogen-bond acceptors (Lipinski definition) is 8. The highest BCUT2D eigenvalue weighted by molar-refractivity contribution is 9.10. The molecule has 0 spiro atoms. The summed E-state index contributed by atoms with van der Waals surface area (Å²) in [5.74, 6) is 0.827. The molecule has 6 rings (SSSR count). The van der Waals surface area contributed by atoms with Crippen molar-refractivity contribution in [3.63, 3.8) is 0 Å². The van der Waals surface area contributed by atoms with Crippen LogP contribution in [0, 0.1) is 25.7 Å². The average Bonchev–Trinajstić information content (AvgIpc) is 3.45. The van der Waals surface area contributed by atoms with Crippen molar-refractivity contribution in [1.82, 2.24) is 34.6 Å². The third-order valence-electron chi connectivity index (χ3n) is 8.04. The number of aryl methyl sites for hydroxylation is 2. The largest absolute Gasteiger partial charge is 0.328 e. The lowest BCUT2D eigenvalue weighted by atomic mass is 10.0. The Kier molecular flexibility index (Phi) is 7.12. The van der Waals surface area contributed by atoms with Crippen molar-refractivity contribution in [3.8, 4) is 11.3 Å². The van der Waals surface area contributed by atoms with Crippen molar-refractivity contribution in [2.24, 2.45) is 11.8 Å². The van der Waals surface area contributed by atoms with Gasteiger partial charge in [0.1, 0.15) is 34.5 Å². The molecule has 42 heavy (non-hydrogen) atoms. The zero-order valence-electron chi connectivity index (χ0n) is 24.1. The molecule has 1 saturated heterocycles. The van der Waals surface area contributed by atoms with E-state index in [4.69, 9.17) is 4.98 Å². The Morgan fingerprint density at radius 3 is 2.55 bits per heavy atom. The first-order chi connectivity index (χ1) is 20.0. The van der Waals surface area contributed by atoms with Crippen LogP contribution in [0.5, 0.6) is 0 Å². The van der Waals surface area contributed by atoms with Crippen LogP contribution in [0.25, 0.3) is 22.2 Å². The topological polar surface area (TPSA) is 136 Å². The fourth-order valence-electron chi connectivity index (χ4n) is 5.78. The first kappa shape index (κ1) is 28.1. The molecule has 2 amide bonds. The zero-order chi connectivity index (χ0) is 29.9. The lowest BCUT2D eigenvalue weighted by Gasteiger charge is -2.27. The van der Waals surface area contributed by atoms with E-state index in [1.807, 2.05) is 45.9 Å². The molecule has 1 aliphatic heterocycles. The van der Waals surface area contributed by atoms with Crippen molar-refractivity contribution in [1.29, 1.82) is 0 Å². The zero-order valence-corrected chi connectivity index (χ0v) is 25.6. The van der Waals surface area contributed by atoms with E-state index < -0.39 is 6.04 Å². The summed E-state index contributed by atoms with van der Waals surface area (Å²) in [6.45, 7) is 9.56. The lowest BCUT2D eigenvalue weighted by molar-refractivity contribution is -0.138. The van der Waals surface area contributed by atoms with Gasteiger partial charge in [-0.15, -0.1) is 0 Å². The summed E-state index contributed by atoms with van der Waals surface area (Å²) in [6, 6.07) is 4.91. The maximum Gasteiger partial charge on any atom is 0.248 e. The average molecular weight is 632 g/mol. The molecule has 4 aromatic heterocycles. The maximum atomic E-state index is 13.8. The van der Waals surface area contributed by atoms with Gasteiger partial charge in [0.2, 0.25) is 11.8 Å². The van der Waals surface area contributed by atoms with Crippen molar-refractivity contribution < 1.29 is 14.4 Å². The molecule has 1 saturated carbocycles. The minimum atomic E-state index is -0.590. The highest BCUT2D eigenvalue weighted by Gasteiger charge is 2.56. The molecule has 0 radical (unpaired) electrons. The number of aromatic nitrogens is 6. The van der Waals surface area contributed by atoms with Crippen LogP contribution in [0.4, 0.5) is 5.82 Å². The molecule has 2 fully saturated rings. The van der Waals surface area contributed by atoms with E-state index in [0.717, 1.165) is 17.5 Å². The van der Waals surface area contributed by atoms with Crippen LogP contribution >= 0.6 is 15.9 Å². The van der Waals surface area contributed by atoms with Crippen molar-refractivity contribution >= 4 is 50.2 Å². The van der Waals surface area contributed by atoms with Gasteiger partial charge >= 0.3 is 0 Å². The van der Waals surface area contributed by atoms with Crippen LogP contribution < -0.4 is 5.32 Å². The second-order valence-electron chi connectivity index (χ2n) is 11.5. The molecule has 0 bridgehead atoms. The molecule has 216 valence electrons. The van der Waals surface area contributed by atoms with Crippen molar-refractivity contribution in [2.45, 2.75) is 59.5 Å². The smallest absolute Gasteiger partial charge is 0.248 e. The van der Waals surface area contributed by atoms with E-state index >= 15 is 0 Å². The second kappa shape index (κ2) is 10.6. The number of Topliss-reactive ketones (excluding diaryl/α,β-unsaturated/α-hetero) is 1. The predicted molar refractivity (Wildman–Crippen MR) is 160 cm³/mol. The first-order valence-electron chi connectivity index (χ1n) is 14.0. The number of ketones is 1. The number of hydrogen-bond donors (Lipinski definition) is 1. The molecular formula is C30H31BrN8O3. The van der Waals surface area contributed by atoms with Crippen LogP contribution in [0.3, 0.4) is 0 Å². The van der Waals surface area contributed by atoms with Gasteiger partial charge in [0.05, 0.1) is 16.9 Å². The molecule has 1 N–H and O–H groups in total. The van der Waals surface area contributed by atoms with Gasteiger partial charge < -0.3 is 10.2 Å². The fourth-order valence-corrected chi connectivity index (χ4v) is 6.09. The number of fused-ring (bicyclic) bond motifs is 2. The van der Waals surface area contributed by atoms with Gasteiger partial charge in [0, 0.05) is 36.8 Å². The predicted octanol–water partition coefficient (Wildman–Crippen LogP) is 4.47. The molecule has 3 atom stereocenters. The Morgan fingerprint density at radius 1 is 1.12 bits per heavy atom. The highest BCUT2D eigenvalue weighted by Crippen LogP contribution is 2.50. The minimum absolute atomic E-state index is 0.0249. The number of amides is 2. The lowest BCUT2D eigenvalue weighted by Crippen LogP contribution is -2.47.